The highest BCUT2D eigenvalue weighted by Gasteiger charge is 2.30. The maximum atomic E-state index is 13.9. The van der Waals surface area contributed by atoms with Crippen molar-refractivity contribution in [3.8, 4) is 20.9 Å². The number of rotatable bonds is 10. The van der Waals surface area contributed by atoms with Crippen LogP contribution in [-0.2, 0) is 9.09 Å². The minimum Gasteiger partial charge on any atom is -0.477 e. The van der Waals surface area contributed by atoms with Gasteiger partial charge in [-0.1, -0.05) is 74.9 Å². The lowest BCUT2D eigenvalue weighted by Gasteiger charge is -2.20. The van der Waals surface area contributed by atoms with Crippen LogP contribution < -0.4 is 10.4 Å². The van der Waals surface area contributed by atoms with Crippen LogP contribution in [0.15, 0.2) is 72.8 Å². The van der Waals surface area contributed by atoms with Crippen molar-refractivity contribution in [2.24, 2.45) is 5.92 Å². The quantitative estimate of drug-likeness (QED) is 0.153. The van der Waals surface area contributed by atoms with Crippen molar-refractivity contribution in [1.82, 2.24) is 0 Å². The highest BCUT2D eigenvalue weighted by Crippen LogP contribution is 2.49. The molecule has 2 unspecified atom stereocenters. The average Bonchev–Trinajstić information content (AvgIpc) is 3.56. The molecule has 5 nitrogen and oxygen atoms in total. The van der Waals surface area contributed by atoms with Crippen molar-refractivity contribution in [3.05, 3.63) is 94.4 Å². The highest BCUT2D eigenvalue weighted by atomic mass is 32.1. The molecule has 0 aliphatic heterocycles. The van der Waals surface area contributed by atoms with E-state index in [0.29, 0.717) is 17.1 Å². The zero-order chi connectivity index (χ0) is 30.2. The molecular formula is C34H36NO4PS2. The number of hydrogen-bond acceptors (Lipinski definition) is 5. The van der Waals surface area contributed by atoms with Gasteiger partial charge in [-0.05, 0) is 84.0 Å². The summed E-state index contributed by atoms with van der Waals surface area (Å²) in [5.74, 6) is 0.108. The molecule has 0 amide bonds. The lowest BCUT2D eigenvalue weighted by atomic mass is 9.92. The van der Waals surface area contributed by atoms with Crippen molar-refractivity contribution >= 4 is 57.2 Å². The molecule has 42 heavy (non-hydrogen) atoms. The number of hydrogen-bond donors (Lipinski definition) is 2. The fourth-order valence-corrected chi connectivity index (χ4v) is 9.26. The molecule has 0 radical (unpaired) electrons. The topological polar surface area (TPSA) is 75.6 Å². The Labute approximate surface area is 255 Å². The summed E-state index contributed by atoms with van der Waals surface area (Å²) in [7, 11) is -2.19. The predicted molar refractivity (Wildman–Crippen MR) is 179 cm³/mol. The lowest BCUT2D eigenvalue weighted by Crippen LogP contribution is -2.17. The normalized spacial score (nSPS) is 13.8. The van der Waals surface area contributed by atoms with Crippen molar-refractivity contribution in [2.45, 2.75) is 47.0 Å². The Kier molecular flexibility index (Phi) is 8.77. The van der Waals surface area contributed by atoms with Crippen LogP contribution in [0.1, 0.15) is 59.5 Å². The molecule has 2 heterocycles. The summed E-state index contributed by atoms with van der Waals surface area (Å²) in [5.41, 5.74) is 5.53. The third-order valence-corrected chi connectivity index (χ3v) is 12.0. The fraction of sp³-hybridized carbons (Fsp3) is 0.265. The third-order valence-electron chi connectivity index (χ3n) is 7.51. The van der Waals surface area contributed by atoms with E-state index in [9.17, 15) is 14.5 Å². The molecule has 218 valence electrons. The van der Waals surface area contributed by atoms with E-state index in [1.807, 2.05) is 38.1 Å². The first-order valence-electron chi connectivity index (χ1n) is 14.0. The van der Waals surface area contributed by atoms with Gasteiger partial charge in [0.15, 0.2) is 0 Å². The van der Waals surface area contributed by atoms with Gasteiger partial charge in [-0.3, -0.25) is 4.57 Å². The van der Waals surface area contributed by atoms with Crippen molar-refractivity contribution in [3.63, 3.8) is 0 Å². The van der Waals surface area contributed by atoms with Crippen molar-refractivity contribution in [2.75, 3.05) is 12.2 Å². The molecule has 0 spiro atoms. The SMILES string of the molecule is COP(=O)(Nc1cc(-c2ccc(-c3cc4ccc(C(C)CC(C)C)cc4s3)cc2)sc1C(=O)O)c1ccc(C)cc1C. The van der Waals surface area contributed by atoms with Crippen molar-refractivity contribution in [1.29, 1.82) is 0 Å². The van der Waals surface area contributed by atoms with Crippen LogP contribution in [0.2, 0.25) is 0 Å². The van der Waals surface area contributed by atoms with Crippen molar-refractivity contribution < 1.29 is 19.0 Å². The summed E-state index contributed by atoms with van der Waals surface area (Å²) in [4.78, 5) is 14.2. The van der Waals surface area contributed by atoms with Crippen LogP contribution in [0.25, 0.3) is 31.0 Å². The standard InChI is InChI=1S/C34H36NO4PS2/c1-20(2)15-22(4)26-12-13-27-18-30(41-31(27)17-26)24-8-10-25(11-9-24)32-19-28(33(42-32)34(36)37)35-40(38,39-6)29-14-7-21(3)16-23(29)5/h7-14,16-20,22H,15H2,1-6H3,(H,35,38)(H,36,37). The zero-order valence-electron chi connectivity index (χ0n) is 24.7. The number of anilines is 1. The number of carboxylic acid groups (broad SMARTS) is 1. The van der Waals surface area contributed by atoms with E-state index in [0.717, 1.165) is 38.5 Å². The number of carbonyl (C=O) groups is 1. The number of benzene rings is 3. The first kappa shape index (κ1) is 30.2. The molecule has 2 N–H and O–H groups in total. The first-order valence-corrected chi connectivity index (χ1v) is 17.3. The Bertz CT molecular complexity index is 1800. The van der Waals surface area contributed by atoms with Gasteiger partial charge in [0.05, 0.1) is 11.0 Å². The Balaban J connectivity index is 1.42. The minimum atomic E-state index is -3.56. The van der Waals surface area contributed by atoms with Crippen LogP contribution in [0, 0.1) is 19.8 Å². The zero-order valence-corrected chi connectivity index (χ0v) is 27.3. The molecule has 0 saturated heterocycles. The second-order valence-electron chi connectivity index (χ2n) is 11.3. The molecule has 3 aromatic carbocycles. The lowest BCUT2D eigenvalue weighted by molar-refractivity contribution is 0.0703. The summed E-state index contributed by atoms with van der Waals surface area (Å²) in [6.07, 6.45) is 1.17. The highest BCUT2D eigenvalue weighted by molar-refractivity contribution is 7.68. The fourth-order valence-electron chi connectivity index (χ4n) is 5.41. The monoisotopic (exact) mass is 617 g/mol. The summed E-state index contributed by atoms with van der Waals surface area (Å²) in [6, 6.07) is 24.5. The number of aryl methyl sites for hydroxylation is 2. The van der Waals surface area contributed by atoms with Gasteiger partial charge >= 0.3 is 13.5 Å². The Morgan fingerprint density at radius 1 is 0.905 bits per heavy atom. The molecule has 0 saturated carbocycles. The average molecular weight is 618 g/mol. The van der Waals surface area contributed by atoms with Gasteiger partial charge in [0.25, 0.3) is 0 Å². The molecule has 0 aliphatic rings. The van der Waals surface area contributed by atoms with E-state index in [2.05, 4.69) is 62.3 Å². The minimum absolute atomic E-state index is 0.0862. The molecule has 5 rings (SSSR count). The number of aromatic carboxylic acids is 1. The van der Waals surface area contributed by atoms with E-state index >= 15 is 0 Å². The van der Waals surface area contributed by atoms with Gasteiger partial charge in [-0.15, -0.1) is 22.7 Å². The smallest absolute Gasteiger partial charge is 0.348 e. The Morgan fingerprint density at radius 2 is 1.57 bits per heavy atom. The molecule has 0 aliphatic carbocycles. The third kappa shape index (κ3) is 6.25. The van der Waals surface area contributed by atoms with Gasteiger partial charge in [0.2, 0.25) is 0 Å². The van der Waals surface area contributed by atoms with E-state index in [-0.39, 0.29) is 10.6 Å². The van der Waals surface area contributed by atoms with E-state index in [1.54, 1.807) is 23.5 Å². The summed E-state index contributed by atoms with van der Waals surface area (Å²) < 4.78 is 20.6. The van der Waals surface area contributed by atoms with E-state index in [1.165, 1.54) is 34.1 Å². The molecule has 5 aromatic rings. The number of thiophene rings is 2. The molecule has 0 bridgehead atoms. The predicted octanol–water partition coefficient (Wildman–Crippen LogP) is 10.3. The van der Waals surface area contributed by atoms with Gasteiger partial charge in [0.1, 0.15) is 4.88 Å². The largest absolute Gasteiger partial charge is 0.477 e. The van der Waals surface area contributed by atoms with E-state index < -0.39 is 13.5 Å². The summed E-state index contributed by atoms with van der Waals surface area (Å²) in [6.45, 7) is 10.7. The van der Waals surface area contributed by atoms with Crippen LogP contribution in [0.4, 0.5) is 5.69 Å². The Morgan fingerprint density at radius 3 is 2.17 bits per heavy atom. The van der Waals surface area contributed by atoms with Crippen LogP contribution in [-0.4, -0.2) is 18.2 Å². The maximum absolute atomic E-state index is 13.9. The number of nitrogens with one attached hydrogen (secondary N) is 1. The number of carboxylic acids is 1. The number of fused-ring (bicyclic) bond motifs is 1. The first-order chi connectivity index (χ1) is 20.0. The molecule has 8 heteroatoms. The van der Waals surface area contributed by atoms with Gasteiger partial charge in [-0.2, -0.15) is 0 Å². The second kappa shape index (κ2) is 12.2. The molecule has 0 fully saturated rings. The van der Waals surface area contributed by atoms with Crippen LogP contribution >= 0.6 is 30.2 Å². The summed E-state index contributed by atoms with van der Waals surface area (Å²) in [5, 5.41) is 14.7. The second-order valence-corrected chi connectivity index (χ2v) is 15.6. The van der Waals surface area contributed by atoms with Gasteiger partial charge in [-0.25, -0.2) is 4.79 Å². The van der Waals surface area contributed by atoms with Crippen LogP contribution in [0.5, 0.6) is 0 Å². The molecule has 2 aromatic heterocycles. The van der Waals surface area contributed by atoms with Crippen LogP contribution in [0.3, 0.4) is 0 Å². The van der Waals surface area contributed by atoms with E-state index in [4.69, 9.17) is 4.52 Å². The van der Waals surface area contributed by atoms with Gasteiger partial charge < -0.3 is 14.7 Å². The maximum Gasteiger partial charge on any atom is 0.348 e. The van der Waals surface area contributed by atoms with Gasteiger partial charge in [0, 0.05) is 21.6 Å². The molecule has 2 atom stereocenters. The Hall–Kier alpha value is -3.22. The summed E-state index contributed by atoms with van der Waals surface area (Å²) >= 11 is 2.94. The molecular weight excluding hydrogens is 581 g/mol.